The Kier molecular flexibility index (Phi) is 5.98. The van der Waals surface area contributed by atoms with Crippen LogP contribution in [0, 0.1) is 0 Å². The summed E-state index contributed by atoms with van der Waals surface area (Å²) < 4.78 is 38.5. The SMILES string of the molecule is COc1ccc(NC(=O)c2ccc(Br)s2)cc1S(=O)(=O)N1CCOCC1. The molecular weight excluding hydrogens is 444 g/mol. The van der Waals surface area contributed by atoms with E-state index in [0.717, 1.165) is 3.79 Å². The standard InChI is InChI=1S/C16H17BrN2O5S2/c1-23-12-3-2-11(18-16(20)13-4-5-15(17)25-13)10-14(12)26(21,22)19-6-8-24-9-7-19/h2-5,10H,6-9H2,1H3,(H,18,20). The van der Waals surface area contributed by atoms with Crippen LogP contribution in [-0.4, -0.2) is 52.0 Å². The average molecular weight is 461 g/mol. The molecule has 0 atom stereocenters. The zero-order valence-electron chi connectivity index (χ0n) is 13.9. The number of ether oxygens (including phenoxy) is 2. The monoisotopic (exact) mass is 460 g/mol. The fourth-order valence-electron chi connectivity index (χ4n) is 2.51. The lowest BCUT2D eigenvalue weighted by molar-refractivity contribution is 0.0729. The zero-order chi connectivity index (χ0) is 18.7. The van der Waals surface area contributed by atoms with Crippen molar-refractivity contribution >= 4 is 48.9 Å². The van der Waals surface area contributed by atoms with Crippen molar-refractivity contribution in [2.45, 2.75) is 4.90 Å². The summed E-state index contributed by atoms with van der Waals surface area (Å²) in [5.74, 6) is -0.0750. The Balaban J connectivity index is 1.90. The van der Waals surface area contributed by atoms with Crippen molar-refractivity contribution in [3.8, 4) is 5.75 Å². The highest BCUT2D eigenvalue weighted by Crippen LogP contribution is 2.31. The molecule has 1 aromatic carbocycles. The number of morpholine rings is 1. The molecular formula is C16H17BrN2O5S2. The van der Waals surface area contributed by atoms with Crippen LogP contribution in [0.2, 0.25) is 0 Å². The summed E-state index contributed by atoms with van der Waals surface area (Å²) >= 11 is 4.61. The number of nitrogens with one attached hydrogen (secondary N) is 1. The molecule has 2 heterocycles. The number of benzene rings is 1. The van der Waals surface area contributed by atoms with Crippen molar-refractivity contribution in [2.75, 3.05) is 38.7 Å². The van der Waals surface area contributed by atoms with Gasteiger partial charge in [-0.3, -0.25) is 4.79 Å². The third kappa shape index (κ3) is 4.09. The number of hydrogen-bond acceptors (Lipinski definition) is 6. The van der Waals surface area contributed by atoms with Gasteiger partial charge in [0.2, 0.25) is 10.0 Å². The molecule has 1 aliphatic rings. The van der Waals surface area contributed by atoms with Crippen molar-refractivity contribution in [3.05, 3.63) is 39.0 Å². The third-order valence-electron chi connectivity index (χ3n) is 3.81. The largest absolute Gasteiger partial charge is 0.495 e. The summed E-state index contributed by atoms with van der Waals surface area (Å²) in [6.45, 7) is 1.27. The van der Waals surface area contributed by atoms with Crippen molar-refractivity contribution in [1.29, 1.82) is 0 Å². The van der Waals surface area contributed by atoms with Crippen LogP contribution in [0.25, 0.3) is 0 Å². The van der Waals surface area contributed by atoms with E-state index in [1.807, 2.05) is 0 Å². The van der Waals surface area contributed by atoms with Gasteiger partial charge in [-0.2, -0.15) is 4.31 Å². The summed E-state index contributed by atoms with van der Waals surface area (Å²) in [6.07, 6.45) is 0. The van der Waals surface area contributed by atoms with Crippen LogP contribution in [0.1, 0.15) is 9.67 Å². The van der Waals surface area contributed by atoms with Crippen LogP contribution in [0.3, 0.4) is 0 Å². The number of anilines is 1. The number of carbonyl (C=O) groups is 1. The number of halogens is 1. The summed E-state index contributed by atoms with van der Waals surface area (Å²) in [6, 6.07) is 8.04. The molecule has 0 bridgehead atoms. The minimum absolute atomic E-state index is 0.0204. The van der Waals surface area contributed by atoms with Gasteiger partial charge in [-0.25, -0.2) is 8.42 Å². The summed E-state index contributed by atoms with van der Waals surface area (Å²) in [4.78, 5) is 12.9. The Morgan fingerprint density at radius 3 is 2.62 bits per heavy atom. The molecule has 0 radical (unpaired) electrons. The molecule has 10 heteroatoms. The number of sulfonamides is 1. The van der Waals surface area contributed by atoms with E-state index in [1.165, 1.54) is 34.9 Å². The van der Waals surface area contributed by atoms with Gasteiger partial charge in [0, 0.05) is 18.8 Å². The maximum absolute atomic E-state index is 13.0. The van der Waals surface area contributed by atoms with Gasteiger partial charge in [0.15, 0.2) is 0 Å². The number of carbonyl (C=O) groups excluding carboxylic acids is 1. The number of thiophene rings is 1. The molecule has 7 nitrogen and oxygen atoms in total. The lowest BCUT2D eigenvalue weighted by Crippen LogP contribution is -2.40. The summed E-state index contributed by atoms with van der Waals surface area (Å²) in [5.41, 5.74) is 0.382. The van der Waals surface area contributed by atoms with Gasteiger partial charge in [0.25, 0.3) is 5.91 Å². The first-order valence-electron chi connectivity index (χ1n) is 7.74. The maximum atomic E-state index is 13.0. The molecule has 2 aromatic rings. The number of rotatable bonds is 5. The Morgan fingerprint density at radius 1 is 1.27 bits per heavy atom. The molecule has 1 aromatic heterocycles. The highest BCUT2D eigenvalue weighted by atomic mass is 79.9. The minimum Gasteiger partial charge on any atom is -0.495 e. The van der Waals surface area contributed by atoms with Gasteiger partial charge in [-0.05, 0) is 46.3 Å². The number of nitrogens with zero attached hydrogens (tertiary/aromatic N) is 1. The molecule has 1 N–H and O–H groups in total. The van der Waals surface area contributed by atoms with Crippen LogP contribution in [0.5, 0.6) is 5.75 Å². The van der Waals surface area contributed by atoms with Crippen LogP contribution >= 0.6 is 27.3 Å². The smallest absolute Gasteiger partial charge is 0.265 e. The van der Waals surface area contributed by atoms with E-state index in [1.54, 1.807) is 18.2 Å². The molecule has 0 spiro atoms. The first-order valence-corrected chi connectivity index (χ1v) is 10.8. The second-order valence-electron chi connectivity index (χ2n) is 5.44. The number of amides is 1. The predicted molar refractivity (Wildman–Crippen MR) is 103 cm³/mol. The van der Waals surface area contributed by atoms with Crippen molar-refractivity contribution < 1.29 is 22.7 Å². The summed E-state index contributed by atoms with van der Waals surface area (Å²) in [7, 11) is -2.34. The van der Waals surface area contributed by atoms with Gasteiger partial charge >= 0.3 is 0 Å². The quantitative estimate of drug-likeness (QED) is 0.741. The Hall–Kier alpha value is -1.46. The first-order chi connectivity index (χ1) is 12.4. The highest BCUT2D eigenvalue weighted by Gasteiger charge is 2.29. The molecule has 26 heavy (non-hydrogen) atoms. The Morgan fingerprint density at radius 2 is 2.00 bits per heavy atom. The number of methoxy groups -OCH3 is 1. The van der Waals surface area contributed by atoms with E-state index < -0.39 is 10.0 Å². The maximum Gasteiger partial charge on any atom is 0.265 e. The molecule has 0 aliphatic carbocycles. The number of hydrogen-bond donors (Lipinski definition) is 1. The van der Waals surface area contributed by atoms with Crippen LogP contribution < -0.4 is 10.1 Å². The van der Waals surface area contributed by atoms with E-state index in [4.69, 9.17) is 9.47 Å². The van der Waals surface area contributed by atoms with Crippen molar-refractivity contribution in [1.82, 2.24) is 4.31 Å². The van der Waals surface area contributed by atoms with Crippen LogP contribution in [-0.2, 0) is 14.8 Å². The van der Waals surface area contributed by atoms with Gasteiger partial charge in [-0.15, -0.1) is 11.3 Å². The van der Waals surface area contributed by atoms with E-state index in [0.29, 0.717) is 23.8 Å². The minimum atomic E-state index is -3.75. The third-order valence-corrected chi connectivity index (χ3v) is 7.35. The van der Waals surface area contributed by atoms with Crippen molar-refractivity contribution in [3.63, 3.8) is 0 Å². The predicted octanol–water partition coefficient (Wildman–Crippen LogP) is 2.79. The molecule has 140 valence electrons. The van der Waals surface area contributed by atoms with E-state index >= 15 is 0 Å². The normalized spacial score (nSPS) is 15.6. The highest BCUT2D eigenvalue weighted by molar-refractivity contribution is 9.11. The topological polar surface area (TPSA) is 84.9 Å². The van der Waals surface area contributed by atoms with E-state index in [9.17, 15) is 13.2 Å². The molecule has 1 fully saturated rings. The molecule has 0 saturated carbocycles. The van der Waals surface area contributed by atoms with Gasteiger partial charge in [-0.1, -0.05) is 0 Å². The first kappa shape index (κ1) is 19.3. The molecule has 1 amide bonds. The molecule has 0 unspecified atom stereocenters. The van der Waals surface area contributed by atoms with Gasteiger partial charge in [0.05, 0.1) is 29.0 Å². The van der Waals surface area contributed by atoms with Crippen LogP contribution in [0.4, 0.5) is 5.69 Å². The summed E-state index contributed by atoms with van der Waals surface area (Å²) in [5, 5.41) is 2.73. The molecule has 1 aliphatic heterocycles. The lowest BCUT2D eigenvalue weighted by atomic mass is 10.3. The molecule has 3 rings (SSSR count). The Bertz CT molecular complexity index is 907. The van der Waals surface area contributed by atoms with E-state index in [2.05, 4.69) is 21.2 Å². The van der Waals surface area contributed by atoms with Gasteiger partial charge in [0.1, 0.15) is 10.6 Å². The van der Waals surface area contributed by atoms with E-state index in [-0.39, 0.29) is 29.6 Å². The average Bonchev–Trinajstić information content (AvgIpc) is 3.09. The fourth-order valence-corrected chi connectivity index (χ4v) is 5.38. The lowest BCUT2D eigenvalue weighted by Gasteiger charge is -2.26. The zero-order valence-corrected chi connectivity index (χ0v) is 17.1. The fraction of sp³-hybridized carbons (Fsp3) is 0.312. The van der Waals surface area contributed by atoms with Gasteiger partial charge < -0.3 is 14.8 Å². The van der Waals surface area contributed by atoms with Crippen molar-refractivity contribution in [2.24, 2.45) is 0 Å². The second kappa shape index (κ2) is 8.05. The molecule has 1 saturated heterocycles. The second-order valence-corrected chi connectivity index (χ2v) is 9.81. The van der Waals surface area contributed by atoms with Crippen LogP contribution in [0.15, 0.2) is 39.0 Å². The Labute approximate surface area is 164 Å².